The minimum absolute atomic E-state index is 0.322. The first-order valence-corrected chi connectivity index (χ1v) is 7.03. The quantitative estimate of drug-likeness (QED) is 0.727. The monoisotopic (exact) mass is 241 g/mol. The maximum absolute atomic E-state index is 10.4. The van der Waals surface area contributed by atoms with Crippen molar-refractivity contribution in [2.45, 2.75) is 52.4 Å². The Hall–Kier alpha value is -0.570. The summed E-state index contributed by atoms with van der Waals surface area (Å²) in [5.74, 6) is 1.03. The summed E-state index contributed by atoms with van der Waals surface area (Å²) in [5, 5.41) is 8.58. The molecule has 0 aromatic carbocycles. The third kappa shape index (κ3) is 6.06. The number of likely N-dealkylation sites (tertiary alicyclic amines) is 1. The molecule has 0 bridgehead atoms. The summed E-state index contributed by atoms with van der Waals surface area (Å²) < 4.78 is 0. The van der Waals surface area contributed by atoms with Crippen molar-refractivity contribution >= 4 is 5.97 Å². The summed E-state index contributed by atoms with van der Waals surface area (Å²) in [6.07, 6.45) is 6.15. The van der Waals surface area contributed by atoms with Crippen LogP contribution in [0.2, 0.25) is 0 Å². The van der Waals surface area contributed by atoms with Gasteiger partial charge in [-0.3, -0.25) is 4.79 Å². The normalized spacial score (nSPS) is 22.6. The van der Waals surface area contributed by atoms with Crippen molar-refractivity contribution in [2.75, 3.05) is 19.6 Å². The van der Waals surface area contributed by atoms with E-state index in [9.17, 15) is 4.79 Å². The van der Waals surface area contributed by atoms with Crippen LogP contribution in [0, 0.1) is 11.8 Å². The van der Waals surface area contributed by atoms with E-state index in [0.717, 1.165) is 31.2 Å². The highest BCUT2D eigenvalue weighted by molar-refractivity contribution is 5.66. The molecule has 1 rings (SSSR count). The van der Waals surface area contributed by atoms with Crippen LogP contribution in [0.3, 0.4) is 0 Å². The second-order valence-corrected chi connectivity index (χ2v) is 5.63. The molecule has 1 aliphatic heterocycles. The Balaban J connectivity index is 2.16. The summed E-state index contributed by atoms with van der Waals surface area (Å²) in [4.78, 5) is 12.9. The summed E-state index contributed by atoms with van der Waals surface area (Å²) in [6.45, 7) is 8.14. The highest BCUT2D eigenvalue weighted by Crippen LogP contribution is 2.24. The molecule has 1 unspecified atom stereocenters. The van der Waals surface area contributed by atoms with Gasteiger partial charge in [-0.15, -0.1) is 0 Å². The second kappa shape index (κ2) is 7.70. The average molecular weight is 241 g/mol. The summed E-state index contributed by atoms with van der Waals surface area (Å²) in [7, 11) is 0. The van der Waals surface area contributed by atoms with Gasteiger partial charge in [0.15, 0.2) is 0 Å². The smallest absolute Gasteiger partial charge is 0.303 e. The maximum atomic E-state index is 10.4. The van der Waals surface area contributed by atoms with Gasteiger partial charge in [-0.05, 0) is 63.6 Å². The number of carboxylic acid groups (broad SMARTS) is 1. The van der Waals surface area contributed by atoms with Crippen LogP contribution in [0.5, 0.6) is 0 Å². The van der Waals surface area contributed by atoms with E-state index in [1.54, 1.807) is 0 Å². The minimum atomic E-state index is -0.666. The summed E-state index contributed by atoms with van der Waals surface area (Å²) in [5.41, 5.74) is 0. The number of carbonyl (C=O) groups is 1. The molecule has 0 aromatic heterocycles. The molecule has 0 aromatic rings. The molecule has 0 amide bonds. The van der Waals surface area contributed by atoms with E-state index in [2.05, 4.69) is 18.7 Å². The van der Waals surface area contributed by atoms with Crippen molar-refractivity contribution in [1.82, 2.24) is 4.90 Å². The predicted molar refractivity (Wildman–Crippen MR) is 70.1 cm³/mol. The zero-order chi connectivity index (χ0) is 12.7. The fourth-order valence-electron chi connectivity index (χ4n) is 2.68. The summed E-state index contributed by atoms with van der Waals surface area (Å²) >= 11 is 0. The first kappa shape index (κ1) is 14.5. The molecule has 0 radical (unpaired) electrons. The van der Waals surface area contributed by atoms with Crippen LogP contribution in [0.1, 0.15) is 52.4 Å². The molecule has 1 saturated heterocycles. The van der Waals surface area contributed by atoms with Crippen LogP contribution in [-0.4, -0.2) is 35.6 Å². The first-order valence-electron chi connectivity index (χ1n) is 7.03. The van der Waals surface area contributed by atoms with Crippen LogP contribution in [0.4, 0.5) is 0 Å². The fourth-order valence-corrected chi connectivity index (χ4v) is 2.68. The first-order chi connectivity index (χ1) is 8.09. The zero-order valence-corrected chi connectivity index (χ0v) is 11.3. The van der Waals surface area contributed by atoms with Crippen molar-refractivity contribution in [3.8, 4) is 0 Å². The van der Waals surface area contributed by atoms with Gasteiger partial charge in [0.1, 0.15) is 0 Å². The molecule has 1 aliphatic rings. The second-order valence-electron chi connectivity index (χ2n) is 5.63. The van der Waals surface area contributed by atoms with E-state index in [4.69, 9.17) is 5.11 Å². The number of nitrogens with zero attached hydrogens (tertiary/aromatic N) is 1. The van der Waals surface area contributed by atoms with Crippen LogP contribution in [0.15, 0.2) is 0 Å². The Kier molecular flexibility index (Phi) is 6.56. The molecule has 3 heteroatoms. The average Bonchev–Trinajstić information content (AvgIpc) is 2.49. The van der Waals surface area contributed by atoms with Gasteiger partial charge < -0.3 is 10.0 Å². The summed E-state index contributed by atoms with van der Waals surface area (Å²) in [6, 6.07) is 0. The van der Waals surface area contributed by atoms with Gasteiger partial charge in [0.25, 0.3) is 0 Å². The fraction of sp³-hybridized carbons (Fsp3) is 0.929. The predicted octanol–water partition coefficient (Wildman–Crippen LogP) is 3.00. The number of unbranched alkanes of at least 4 members (excludes halogenated alkanes) is 1. The Morgan fingerprint density at radius 1 is 1.29 bits per heavy atom. The van der Waals surface area contributed by atoms with Crippen LogP contribution in [0.25, 0.3) is 0 Å². The van der Waals surface area contributed by atoms with Crippen molar-refractivity contribution in [3.63, 3.8) is 0 Å². The van der Waals surface area contributed by atoms with Gasteiger partial charge in [0.05, 0.1) is 0 Å². The third-order valence-corrected chi connectivity index (χ3v) is 3.92. The lowest BCUT2D eigenvalue weighted by Gasteiger charge is -2.21. The number of hydrogen-bond donors (Lipinski definition) is 1. The Labute approximate surface area is 105 Å². The van der Waals surface area contributed by atoms with E-state index >= 15 is 0 Å². The molecule has 0 aliphatic carbocycles. The van der Waals surface area contributed by atoms with Gasteiger partial charge in [-0.1, -0.05) is 13.8 Å². The minimum Gasteiger partial charge on any atom is -0.481 e. The largest absolute Gasteiger partial charge is 0.481 e. The maximum Gasteiger partial charge on any atom is 0.303 e. The molecule has 17 heavy (non-hydrogen) atoms. The number of rotatable bonds is 6. The molecule has 1 atom stereocenters. The van der Waals surface area contributed by atoms with Gasteiger partial charge >= 0.3 is 5.97 Å². The standard InChI is InChI=1S/C14H27NO2/c1-12(2)13-6-5-10-15(11-8-13)9-4-3-7-14(16)17/h12-13H,3-11H2,1-2H3,(H,16,17). The molecular formula is C14H27NO2. The molecule has 0 spiro atoms. The lowest BCUT2D eigenvalue weighted by molar-refractivity contribution is -0.137. The Bertz CT molecular complexity index is 228. The molecule has 100 valence electrons. The molecule has 0 saturated carbocycles. The van der Waals surface area contributed by atoms with Gasteiger partial charge in [-0.2, -0.15) is 0 Å². The van der Waals surface area contributed by atoms with E-state index in [-0.39, 0.29) is 0 Å². The van der Waals surface area contributed by atoms with Crippen molar-refractivity contribution in [2.24, 2.45) is 11.8 Å². The van der Waals surface area contributed by atoms with E-state index < -0.39 is 5.97 Å². The van der Waals surface area contributed by atoms with Gasteiger partial charge in [0, 0.05) is 6.42 Å². The number of carboxylic acids is 1. The SMILES string of the molecule is CC(C)C1CCCN(CCCCC(=O)O)CC1. The van der Waals surface area contributed by atoms with E-state index in [0.29, 0.717) is 6.42 Å². The van der Waals surface area contributed by atoms with Crippen molar-refractivity contribution < 1.29 is 9.90 Å². The van der Waals surface area contributed by atoms with Gasteiger partial charge in [-0.25, -0.2) is 0 Å². The highest BCUT2D eigenvalue weighted by atomic mass is 16.4. The zero-order valence-electron chi connectivity index (χ0n) is 11.3. The third-order valence-electron chi connectivity index (χ3n) is 3.92. The highest BCUT2D eigenvalue weighted by Gasteiger charge is 2.18. The molecule has 1 fully saturated rings. The van der Waals surface area contributed by atoms with E-state index in [1.807, 2.05) is 0 Å². The van der Waals surface area contributed by atoms with Crippen LogP contribution >= 0.6 is 0 Å². The topological polar surface area (TPSA) is 40.5 Å². The van der Waals surface area contributed by atoms with Gasteiger partial charge in [0.2, 0.25) is 0 Å². The number of hydrogen-bond acceptors (Lipinski definition) is 2. The molecule has 1 N–H and O–H groups in total. The van der Waals surface area contributed by atoms with E-state index in [1.165, 1.54) is 32.4 Å². The lowest BCUT2D eigenvalue weighted by atomic mass is 9.89. The lowest BCUT2D eigenvalue weighted by Crippen LogP contribution is -2.26. The molecular weight excluding hydrogens is 214 g/mol. The number of aliphatic carboxylic acids is 1. The Morgan fingerprint density at radius 3 is 2.71 bits per heavy atom. The molecule has 1 heterocycles. The Morgan fingerprint density at radius 2 is 2.06 bits per heavy atom. The van der Waals surface area contributed by atoms with Crippen LogP contribution in [-0.2, 0) is 4.79 Å². The molecule has 3 nitrogen and oxygen atoms in total. The van der Waals surface area contributed by atoms with Crippen molar-refractivity contribution in [1.29, 1.82) is 0 Å². The van der Waals surface area contributed by atoms with Crippen molar-refractivity contribution in [3.05, 3.63) is 0 Å². The van der Waals surface area contributed by atoms with Crippen LogP contribution < -0.4 is 0 Å².